The Balaban J connectivity index is 1.62. The van der Waals surface area contributed by atoms with Crippen LogP contribution in [0.1, 0.15) is 12.8 Å². The Kier molecular flexibility index (Phi) is 4.37. The fourth-order valence-corrected chi connectivity index (χ4v) is 3.52. The van der Waals surface area contributed by atoms with Crippen molar-refractivity contribution in [2.75, 3.05) is 57.8 Å². The minimum Gasteiger partial charge on any atom is -0.338 e. The van der Waals surface area contributed by atoms with Crippen molar-refractivity contribution in [1.29, 1.82) is 0 Å². The molecular weight excluding hydrogens is 264 g/mol. The van der Waals surface area contributed by atoms with Gasteiger partial charge in [-0.15, -0.1) is 0 Å². The van der Waals surface area contributed by atoms with Crippen molar-refractivity contribution >= 4 is 5.95 Å². The van der Waals surface area contributed by atoms with Crippen molar-refractivity contribution in [3.63, 3.8) is 0 Å². The molecule has 6 nitrogen and oxygen atoms in total. The monoisotopic (exact) mass is 290 g/mol. The summed E-state index contributed by atoms with van der Waals surface area (Å²) in [7, 11) is 2.20. The maximum atomic E-state index is 6.16. The first-order valence-corrected chi connectivity index (χ1v) is 7.89. The first-order valence-electron chi connectivity index (χ1n) is 7.89. The summed E-state index contributed by atoms with van der Waals surface area (Å²) in [4.78, 5) is 16.0. The number of hydrogen-bond donors (Lipinski definition) is 1. The number of anilines is 1. The van der Waals surface area contributed by atoms with Crippen molar-refractivity contribution in [2.24, 2.45) is 5.73 Å². The Bertz CT molecular complexity index is 435. The smallest absolute Gasteiger partial charge is 0.225 e. The summed E-state index contributed by atoms with van der Waals surface area (Å²) >= 11 is 0. The number of piperidine rings is 1. The Hall–Kier alpha value is -1.24. The van der Waals surface area contributed by atoms with E-state index < -0.39 is 0 Å². The van der Waals surface area contributed by atoms with Crippen molar-refractivity contribution in [1.82, 2.24) is 19.8 Å². The average molecular weight is 290 g/mol. The zero-order chi connectivity index (χ0) is 14.7. The maximum Gasteiger partial charge on any atom is 0.225 e. The van der Waals surface area contributed by atoms with Crippen LogP contribution in [0.5, 0.6) is 0 Å². The molecule has 6 heteroatoms. The van der Waals surface area contributed by atoms with E-state index in [1.165, 1.54) is 12.8 Å². The van der Waals surface area contributed by atoms with Gasteiger partial charge in [0, 0.05) is 50.7 Å². The number of hydrogen-bond acceptors (Lipinski definition) is 6. The molecule has 0 amide bonds. The highest BCUT2D eigenvalue weighted by Gasteiger charge is 2.39. The number of nitrogens with zero attached hydrogens (tertiary/aromatic N) is 5. The summed E-state index contributed by atoms with van der Waals surface area (Å²) in [6.07, 6.45) is 5.99. The summed E-state index contributed by atoms with van der Waals surface area (Å²) in [5.74, 6) is 0.849. The fourth-order valence-electron chi connectivity index (χ4n) is 3.52. The second-order valence-corrected chi connectivity index (χ2v) is 6.25. The molecule has 0 atom stereocenters. The third-order valence-electron chi connectivity index (χ3n) is 5.08. The van der Waals surface area contributed by atoms with Crippen LogP contribution in [0.2, 0.25) is 0 Å². The zero-order valence-electron chi connectivity index (χ0n) is 12.9. The molecule has 0 aromatic carbocycles. The predicted octanol–water partition coefficient (Wildman–Crippen LogP) is 0.0217. The van der Waals surface area contributed by atoms with E-state index in [0.717, 1.165) is 51.8 Å². The van der Waals surface area contributed by atoms with Gasteiger partial charge in [0.15, 0.2) is 0 Å². The lowest BCUT2D eigenvalue weighted by Crippen LogP contribution is -2.63. The molecule has 0 radical (unpaired) electrons. The zero-order valence-corrected chi connectivity index (χ0v) is 12.9. The summed E-state index contributed by atoms with van der Waals surface area (Å²) in [5.41, 5.74) is 6.37. The van der Waals surface area contributed by atoms with Crippen LogP contribution in [0, 0.1) is 0 Å². The molecule has 2 saturated heterocycles. The molecule has 116 valence electrons. The second-order valence-electron chi connectivity index (χ2n) is 6.25. The van der Waals surface area contributed by atoms with Gasteiger partial charge in [0.25, 0.3) is 0 Å². The first-order chi connectivity index (χ1) is 10.2. The average Bonchev–Trinajstić information content (AvgIpc) is 2.57. The van der Waals surface area contributed by atoms with Crippen LogP contribution >= 0.6 is 0 Å². The van der Waals surface area contributed by atoms with E-state index in [1.807, 2.05) is 18.5 Å². The molecule has 1 aromatic rings. The largest absolute Gasteiger partial charge is 0.338 e. The van der Waals surface area contributed by atoms with Crippen LogP contribution in [0.15, 0.2) is 18.5 Å². The molecule has 1 aromatic heterocycles. The lowest BCUT2D eigenvalue weighted by atomic mass is 9.85. The molecule has 0 unspecified atom stereocenters. The highest BCUT2D eigenvalue weighted by molar-refractivity contribution is 5.29. The lowest BCUT2D eigenvalue weighted by molar-refractivity contribution is 0.0295. The standard InChI is InChI=1S/C15H26N6/c1-19-7-3-15(13-16,4-8-19)21-11-9-20(10-12-21)14-17-5-2-6-18-14/h2,5-6H,3-4,7-13,16H2,1H3. The first kappa shape index (κ1) is 14.7. The van der Waals surface area contributed by atoms with E-state index in [1.54, 1.807) is 0 Å². The number of rotatable bonds is 3. The normalized spacial score (nSPS) is 24.2. The molecule has 3 heterocycles. The van der Waals surface area contributed by atoms with Gasteiger partial charge >= 0.3 is 0 Å². The SMILES string of the molecule is CN1CCC(CN)(N2CCN(c3ncccn3)CC2)CC1. The minimum absolute atomic E-state index is 0.205. The van der Waals surface area contributed by atoms with Crippen LogP contribution in [-0.2, 0) is 0 Å². The van der Waals surface area contributed by atoms with E-state index in [-0.39, 0.29) is 5.54 Å². The summed E-state index contributed by atoms with van der Waals surface area (Å²) in [5, 5.41) is 0. The quantitative estimate of drug-likeness (QED) is 0.847. The van der Waals surface area contributed by atoms with Gasteiger partial charge in [-0.3, -0.25) is 4.90 Å². The summed E-state index contributed by atoms with van der Waals surface area (Å²) < 4.78 is 0. The number of piperazine rings is 1. The van der Waals surface area contributed by atoms with E-state index in [9.17, 15) is 0 Å². The molecular formula is C15H26N6. The molecule has 0 spiro atoms. The van der Waals surface area contributed by atoms with Gasteiger partial charge < -0.3 is 15.5 Å². The molecule has 0 saturated carbocycles. The van der Waals surface area contributed by atoms with E-state index >= 15 is 0 Å². The Morgan fingerprint density at radius 3 is 2.24 bits per heavy atom. The number of aromatic nitrogens is 2. The summed E-state index contributed by atoms with van der Waals surface area (Å²) in [6, 6.07) is 1.86. The van der Waals surface area contributed by atoms with Gasteiger partial charge in [-0.1, -0.05) is 0 Å². The molecule has 21 heavy (non-hydrogen) atoms. The highest BCUT2D eigenvalue weighted by atomic mass is 15.3. The number of nitrogens with two attached hydrogens (primary N) is 1. The van der Waals surface area contributed by atoms with Crippen LogP contribution < -0.4 is 10.6 Å². The molecule has 2 aliphatic heterocycles. The van der Waals surface area contributed by atoms with E-state index in [4.69, 9.17) is 5.73 Å². The topological polar surface area (TPSA) is 61.5 Å². The van der Waals surface area contributed by atoms with Crippen LogP contribution in [0.25, 0.3) is 0 Å². The van der Waals surface area contributed by atoms with Crippen LogP contribution in [-0.4, -0.2) is 78.2 Å². The van der Waals surface area contributed by atoms with Crippen molar-refractivity contribution in [3.05, 3.63) is 18.5 Å². The van der Waals surface area contributed by atoms with Gasteiger partial charge in [-0.05, 0) is 39.0 Å². The van der Waals surface area contributed by atoms with Crippen LogP contribution in [0.3, 0.4) is 0 Å². The van der Waals surface area contributed by atoms with Crippen molar-refractivity contribution in [2.45, 2.75) is 18.4 Å². The van der Waals surface area contributed by atoms with Gasteiger partial charge in [0.1, 0.15) is 0 Å². The molecule has 2 N–H and O–H groups in total. The van der Waals surface area contributed by atoms with Crippen LogP contribution in [0.4, 0.5) is 5.95 Å². The molecule has 3 rings (SSSR count). The third kappa shape index (κ3) is 3.02. The maximum absolute atomic E-state index is 6.16. The Morgan fingerprint density at radius 2 is 1.67 bits per heavy atom. The van der Waals surface area contributed by atoms with E-state index in [2.05, 4.69) is 31.7 Å². The lowest BCUT2D eigenvalue weighted by Gasteiger charge is -2.50. The number of likely N-dealkylation sites (tertiary alicyclic amines) is 1. The van der Waals surface area contributed by atoms with Gasteiger partial charge in [0.2, 0.25) is 5.95 Å². The molecule has 0 aliphatic carbocycles. The van der Waals surface area contributed by atoms with Gasteiger partial charge in [-0.2, -0.15) is 0 Å². The van der Waals surface area contributed by atoms with Gasteiger partial charge in [0.05, 0.1) is 0 Å². The Labute approximate surface area is 126 Å². The van der Waals surface area contributed by atoms with Gasteiger partial charge in [-0.25, -0.2) is 9.97 Å². The molecule has 2 fully saturated rings. The highest BCUT2D eigenvalue weighted by Crippen LogP contribution is 2.29. The second kappa shape index (κ2) is 6.25. The van der Waals surface area contributed by atoms with Crippen molar-refractivity contribution in [3.8, 4) is 0 Å². The third-order valence-corrected chi connectivity index (χ3v) is 5.08. The molecule has 0 bridgehead atoms. The Morgan fingerprint density at radius 1 is 1.05 bits per heavy atom. The molecule has 2 aliphatic rings. The minimum atomic E-state index is 0.205. The van der Waals surface area contributed by atoms with E-state index in [0.29, 0.717) is 0 Å². The predicted molar refractivity (Wildman–Crippen MR) is 84.3 cm³/mol. The summed E-state index contributed by atoms with van der Waals surface area (Å²) in [6.45, 7) is 7.16. The fraction of sp³-hybridized carbons (Fsp3) is 0.733. The van der Waals surface area contributed by atoms with Crippen molar-refractivity contribution < 1.29 is 0 Å².